The molecule has 1 aromatic heterocycles. The zero-order valence-corrected chi connectivity index (χ0v) is 16.7. The van der Waals surface area contributed by atoms with Crippen LogP contribution < -0.4 is 15.1 Å². The Kier molecular flexibility index (Phi) is 4.35. The smallest absolute Gasteiger partial charge is 0.530 e. The van der Waals surface area contributed by atoms with Crippen LogP contribution in [0.5, 0.6) is 11.5 Å². The molecule has 3 aliphatic rings. The van der Waals surface area contributed by atoms with Crippen molar-refractivity contribution in [2.45, 2.75) is 30.3 Å². The number of rotatable bonds is 5. The Morgan fingerprint density at radius 1 is 1.39 bits per heavy atom. The minimum atomic E-state index is -1.28. The molecule has 31 heavy (non-hydrogen) atoms. The van der Waals surface area contributed by atoms with Gasteiger partial charge in [-0.05, 0) is 13.0 Å². The summed E-state index contributed by atoms with van der Waals surface area (Å²) in [5.41, 5.74) is 5.92. The van der Waals surface area contributed by atoms with E-state index in [0.29, 0.717) is 11.3 Å². The number of hydrogen-bond acceptors (Lipinski definition) is 7. The first-order valence-electron chi connectivity index (χ1n) is 9.94. The zero-order valence-electron chi connectivity index (χ0n) is 16.7. The predicted molar refractivity (Wildman–Crippen MR) is 109 cm³/mol. The van der Waals surface area contributed by atoms with Crippen LogP contribution in [0.2, 0.25) is 5.82 Å². The average Bonchev–Trinajstić information content (AvgIpc) is 3.19. The lowest BCUT2D eigenvalue weighted by atomic mass is 9.55. The second kappa shape index (κ2) is 6.86. The van der Waals surface area contributed by atoms with Gasteiger partial charge < -0.3 is 35.1 Å². The van der Waals surface area contributed by atoms with Gasteiger partial charge in [0.25, 0.3) is 0 Å². The van der Waals surface area contributed by atoms with Crippen LogP contribution in [-0.4, -0.2) is 63.2 Å². The fraction of sp³-hybridized carbons (Fsp3) is 0.350. The SMILES string of the molecule is C[C@@](N)(C(=O)N1CC(Oc2ccc3c(c2C(=O)O)OB(O)[C@@H]2C=C[C@H]32)C1)c1c[nH]cn1. The number of fused-ring (bicyclic) bond motifs is 3. The Bertz CT molecular complexity index is 1080. The Hall–Kier alpha value is -3.31. The fourth-order valence-electron chi connectivity index (χ4n) is 4.24. The fourth-order valence-corrected chi connectivity index (χ4v) is 4.24. The Morgan fingerprint density at radius 3 is 2.77 bits per heavy atom. The molecule has 2 aromatic rings. The van der Waals surface area contributed by atoms with E-state index < -0.39 is 18.6 Å². The number of aromatic amines is 1. The number of ether oxygens (including phenoxy) is 1. The number of nitrogens with zero attached hydrogens (tertiary/aromatic N) is 2. The number of likely N-dealkylation sites (tertiary alicyclic amines) is 1. The molecule has 2 aliphatic heterocycles. The molecule has 3 heterocycles. The molecule has 11 heteroatoms. The van der Waals surface area contributed by atoms with E-state index in [2.05, 4.69) is 9.97 Å². The summed E-state index contributed by atoms with van der Waals surface area (Å²) in [5, 5.41) is 19.9. The molecule has 0 unspecified atom stereocenters. The monoisotopic (exact) mass is 424 g/mol. The van der Waals surface area contributed by atoms with E-state index in [-0.39, 0.29) is 53.9 Å². The number of carbonyl (C=O) groups is 2. The van der Waals surface area contributed by atoms with Gasteiger partial charge in [-0.1, -0.05) is 18.2 Å². The van der Waals surface area contributed by atoms with Crippen LogP contribution in [-0.2, 0) is 10.3 Å². The van der Waals surface area contributed by atoms with Crippen LogP contribution in [0.4, 0.5) is 0 Å². The summed E-state index contributed by atoms with van der Waals surface area (Å²) in [7, 11) is -1.10. The van der Waals surface area contributed by atoms with Crippen molar-refractivity contribution in [1.82, 2.24) is 14.9 Å². The zero-order chi connectivity index (χ0) is 21.9. The summed E-state index contributed by atoms with van der Waals surface area (Å²) < 4.78 is 11.4. The quantitative estimate of drug-likeness (QED) is 0.400. The Labute approximate surface area is 177 Å². The number of carboxylic acids is 1. The van der Waals surface area contributed by atoms with Gasteiger partial charge in [-0.2, -0.15) is 0 Å². The lowest BCUT2D eigenvalue weighted by Crippen LogP contribution is -2.62. The van der Waals surface area contributed by atoms with E-state index in [9.17, 15) is 19.7 Å². The number of carbonyl (C=O) groups excluding carboxylic acids is 1. The molecular formula is C20H21BN4O6. The first-order valence-corrected chi connectivity index (χ1v) is 9.94. The van der Waals surface area contributed by atoms with Gasteiger partial charge in [0.05, 0.1) is 25.1 Å². The maximum atomic E-state index is 12.8. The molecule has 5 N–H and O–H groups in total. The highest BCUT2D eigenvalue weighted by atomic mass is 16.5. The van der Waals surface area contributed by atoms with Crippen molar-refractivity contribution in [2.75, 3.05) is 13.1 Å². The molecule has 0 spiro atoms. The van der Waals surface area contributed by atoms with Crippen LogP contribution in [0.3, 0.4) is 0 Å². The molecule has 0 radical (unpaired) electrons. The summed E-state index contributed by atoms with van der Waals surface area (Å²) in [6, 6.07) is 3.37. The number of nitrogens with one attached hydrogen (secondary N) is 1. The average molecular weight is 424 g/mol. The van der Waals surface area contributed by atoms with Gasteiger partial charge in [0.15, 0.2) is 0 Å². The summed E-state index contributed by atoms with van der Waals surface area (Å²) in [6.45, 7) is 2.13. The van der Waals surface area contributed by atoms with E-state index >= 15 is 0 Å². The van der Waals surface area contributed by atoms with Crippen LogP contribution in [0.15, 0.2) is 36.8 Å². The molecular weight excluding hydrogens is 403 g/mol. The number of nitrogens with two attached hydrogens (primary N) is 1. The van der Waals surface area contributed by atoms with Gasteiger partial charge in [-0.3, -0.25) is 4.79 Å². The number of aromatic nitrogens is 2. The number of imidazole rings is 1. The second-order valence-corrected chi connectivity index (χ2v) is 8.27. The van der Waals surface area contributed by atoms with Crippen LogP contribution >= 0.6 is 0 Å². The lowest BCUT2D eigenvalue weighted by Gasteiger charge is -2.42. The van der Waals surface area contributed by atoms with Gasteiger partial charge >= 0.3 is 13.1 Å². The van der Waals surface area contributed by atoms with Crippen molar-refractivity contribution in [2.24, 2.45) is 5.73 Å². The maximum Gasteiger partial charge on any atom is 0.530 e. The maximum absolute atomic E-state index is 12.8. The van der Waals surface area contributed by atoms with Crippen molar-refractivity contribution in [1.29, 1.82) is 0 Å². The number of allylic oxidation sites excluding steroid dienone is 2. The summed E-state index contributed by atoms with van der Waals surface area (Å²) in [6.07, 6.45) is 6.41. The van der Waals surface area contributed by atoms with E-state index in [1.54, 1.807) is 30.2 Å². The third kappa shape index (κ3) is 3.00. The molecule has 3 atom stereocenters. The van der Waals surface area contributed by atoms with Crippen LogP contribution in [0, 0.1) is 0 Å². The van der Waals surface area contributed by atoms with E-state index in [0.717, 1.165) is 0 Å². The van der Waals surface area contributed by atoms with Gasteiger partial charge in [-0.25, -0.2) is 9.78 Å². The third-order valence-electron chi connectivity index (χ3n) is 6.15. The first kappa shape index (κ1) is 19.6. The molecule has 1 fully saturated rings. The molecule has 160 valence electrons. The number of aromatic carboxylic acids is 1. The largest absolute Gasteiger partial charge is 0.535 e. The number of benzene rings is 1. The molecule has 1 aliphatic carbocycles. The minimum absolute atomic E-state index is 0.0769. The number of hydrogen-bond donors (Lipinski definition) is 4. The van der Waals surface area contributed by atoms with E-state index in [1.807, 2.05) is 12.2 Å². The Balaban J connectivity index is 1.32. The first-order chi connectivity index (χ1) is 14.8. The van der Waals surface area contributed by atoms with Crippen LogP contribution in [0.1, 0.15) is 34.5 Å². The predicted octanol–water partition coefficient (Wildman–Crippen LogP) is 0.468. The molecule has 1 aromatic carbocycles. The third-order valence-corrected chi connectivity index (χ3v) is 6.15. The topological polar surface area (TPSA) is 151 Å². The number of H-pyrrole nitrogens is 1. The van der Waals surface area contributed by atoms with Gasteiger partial charge in [0.2, 0.25) is 5.91 Å². The van der Waals surface area contributed by atoms with E-state index in [4.69, 9.17) is 15.1 Å². The highest BCUT2D eigenvalue weighted by Crippen LogP contribution is 2.51. The van der Waals surface area contributed by atoms with Crippen molar-refractivity contribution in [3.05, 3.63) is 53.6 Å². The highest BCUT2D eigenvalue weighted by molar-refractivity contribution is 6.48. The van der Waals surface area contributed by atoms with Crippen LogP contribution in [0.25, 0.3) is 0 Å². The van der Waals surface area contributed by atoms with Crippen molar-refractivity contribution < 1.29 is 29.1 Å². The molecule has 0 bridgehead atoms. The standard InChI is InChI=1S/C20H21BN4O6/c1-20(22,15-6-23-9-24-15)19(28)25-7-10(8-25)30-14-5-3-12-11-2-4-13(11)21(29)31-17(12)16(14)18(26)27/h2-6,9-11,13,29H,7-8,22H2,1H3,(H,23,24)(H,26,27)/t11-,13-,20+/m1/s1. The van der Waals surface area contributed by atoms with E-state index in [1.165, 1.54) is 6.33 Å². The second-order valence-electron chi connectivity index (χ2n) is 8.27. The lowest BCUT2D eigenvalue weighted by molar-refractivity contribution is -0.145. The minimum Gasteiger partial charge on any atom is -0.535 e. The van der Waals surface area contributed by atoms with Gasteiger partial charge in [0, 0.05) is 23.5 Å². The molecule has 5 rings (SSSR count). The molecule has 1 amide bonds. The molecule has 10 nitrogen and oxygen atoms in total. The summed E-state index contributed by atoms with van der Waals surface area (Å²) >= 11 is 0. The summed E-state index contributed by atoms with van der Waals surface area (Å²) in [4.78, 5) is 33.1. The Morgan fingerprint density at radius 2 is 2.16 bits per heavy atom. The van der Waals surface area contributed by atoms with Gasteiger partial charge in [0.1, 0.15) is 28.7 Å². The van der Waals surface area contributed by atoms with Crippen molar-refractivity contribution in [3.63, 3.8) is 0 Å². The number of amides is 1. The molecule has 1 saturated heterocycles. The normalized spacial score (nSPS) is 23.6. The highest BCUT2D eigenvalue weighted by Gasteiger charge is 2.46. The summed E-state index contributed by atoms with van der Waals surface area (Å²) in [5.74, 6) is -1.48. The van der Waals surface area contributed by atoms with Gasteiger partial charge in [-0.15, -0.1) is 0 Å². The molecule has 0 saturated carbocycles. The number of carboxylic acid groups (broad SMARTS) is 1. The van der Waals surface area contributed by atoms with Crippen molar-refractivity contribution >= 4 is 19.0 Å². The van der Waals surface area contributed by atoms with Crippen molar-refractivity contribution in [3.8, 4) is 11.5 Å².